The third kappa shape index (κ3) is 4.91. The minimum Gasteiger partial charge on any atom is -0.352 e. The van der Waals surface area contributed by atoms with E-state index >= 15 is 0 Å². The number of H-pyrrole nitrogens is 1. The fourth-order valence-electron chi connectivity index (χ4n) is 2.73. The average Bonchev–Trinajstić information content (AvgIpc) is 3.07. The van der Waals surface area contributed by atoms with E-state index in [2.05, 4.69) is 15.3 Å². The summed E-state index contributed by atoms with van der Waals surface area (Å²) in [6, 6.07) is 13.0. The first-order valence-corrected chi connectivity index (χ1v) is 8.74. The average molecular weight is 368 g/mol. The molecule has 0 unspecified atom stereocenters. The first-order valence-electron chi connectivity index (χ1n) is 8.74. The molecule has 140 valence electrons. The van der Waals surface area contributed by atoms with Gasteiger partial charge >= 0.3 is 0 Å². The first-order chi connectivity index (χ1) is 13.0. The van der Waals surface area contributed by atoms with E-state index in [0.29, 0.717) is 31.5 Å². The molecule has 27 heavy (non-hydrogen) atoms. The molecule has 0 aliphatic carbocycles. The number of carbonyl (C=O) groups excluding carboxylic acids is 2. The second-order valence-corrected chi connectivity index (χ2v) is 6.32. The fraction of sp³-hybridized carbons (Fsp3) is 0.250. The van der Waals surface area contributed by atoms with E-state index in [4.69, 9.17) is 0 Å². The fourth-order valence-corrected chi connectivity index (χ4v) is 2.73. The zero-order chi connectivity index (χ0) is 19.2. The molecule has 0 aliphatic rings. The van der Waals surface area contributed by atoms with Crippen molar-refractivity contribution in [3.05, 3.63) is 65.7 Å². The van der Waals surface area contributed by atoms with Crippen molar-refractivity contribution in [1.82, 2.24) is 20.2 Å². The molecule has 0 saturated heterocycles. The van der Waals surface area contributed by atoms with Crippen molar-refractivity contribution in [2.45, 2.75) is 19.4 Å². The molecule has 2 N–H and O–H groups in total. The van der Waals surface area contributed by atoms with E-state index in [1.165, 1.54) is 24.3 Å². The minimum absolute atomic E-state index is 0.0218. The summed E-state index contributed by atoms with van der Waals surface area (Å²) in [6.07, 6.45) is 0.844. The number of hydrogen-bond acceptors (Lipinski definition) is 3. The Labute approximate surface area is 156 Å². The number of benzene rings is 2. The van der Waals surface area contributed by atoms with Crippen molar-refractivity contribution >= 4 is 22.8 Å². The minimum atomic E-state index is -0.385. The van der Waals surface area contributed by atoms with Gasteiger partial charge in [-0.15, -0.1) is 0 Å². The number of aromatic nitrogens is 2. The van der Waals surface area contributed by atoms with Crippen molar-refractivity contribution in [3.8, 4) is 0 Å². The lowest BCUT2D eigenvalue weighted by atomic mass is 10.2. The number of carbonyl (C=O) groups is 2. The number of para-hydroxylation sites is 2. The van der Waals surface area contributed by atoms with Crippen LogP contribution in [0.5, 0.6) is 0 Å². The molecule has 7 heteroatoms. The highest BCUT2D eigenvalue weighted by Gasteiger charge is 2.12. The number of hydrogen-bond donors (Lipinski definition) is 2. The molecular weight excluding hydrogens is 347 g/mol. The van der Waals surface area contributed by atoms with Crippen molar-refractivity contribution in [1.29, 1.82) is 0 Å². The first kappa shape index (κ1) is 18.6. The van der Waals surface area contributed by atoms with Crippen LogP contribution in [-0.4, -0.2) is 40.3 Å². The molecule has 2 amide bonds. The van der Waals surface area contributed by atoms with E-state index in [-0.39, 0.29) is 17.6 Å². The number of halogens is 1. The van der Waals surface area contributed by atoms with Crippen LogP contribution in [0.4, 0.5) is 4.39 Å². The standard InChI is InChI=1S/C20H21FN4O2/c1-25(13-18-23-16-5-2-3-6-17(16)24-18)19(26)7-4-12-22-20(27)14-8-10-15(21)11-9-14/h2-3,5-6,8-11H,4,7,12-13H2,1H3,(H,22,27)(H,23,24). The van der Waals surface area contributed by atoms with Crippen LogP contribution >= 0.6 is 0 Å². The number of aromatic amines is 1. The summed E-state index contributed by atoms with van der Waals surface area (Å²) in [4.78, 5) is 33.4. The highest BCUT2D eigenvalue weighted by Crippen LogP contribution is 2.11. The van der Waals surface area contributed by atoms with Crippen LogP contribution < -0.4 is 5.32 Å². The molecule has 0 aliphatic heterocycles. The molecule has 0 saturated carbocycles. The largest absolute Gasteiger partial charge is 0.352 e. The van der Waals surface area contributed by atoms with Gasteiger partial charge in [-0.25, -0.2) is 9.37 Å². The molecule has 6 nitrogen and oxygen atoms in total. The predicted molar refractivity (Wildman–Crippen MR) is 101 cm³/mol. The zero-order valence-corrected chi connectivity index (χ0v) is 15.0. The topological polar surface area (TPSA) is 78.1 Å². The van der Waals surface area contributed by atoms with Gasteiger partial charge in [0.2, 0.25) is 5.91 Å². The van der Waals surface area contributed by atoms with E-state index in [9.17, 15) is 14.0 Å². The Morgan fingerprint density at radius 1 is 1.15 bits per heavy atom. The van der Waals surface area contributed by atoms with Crippen LogP contribution in [-0.2, 0) is 11.3 Å². The van der Waals surface area contributed by atoms with Gasteiger partial charge in [-0.05, 0) is 42.8 Å². The Balaban J connectivity index is 1.42. The van der Waals surface area contributed by atoms with Gasteiger partial charge in [-0.1, -0.05) is 12.1 Å². The van der Waals surface area contributed by atoms with Gasteiger partial charge in [0, 0.05) is 25.6 Å². The number of rotatable bonds is 7. The third-order valence-corrected chi connectivity index (χ3v) is 4.21. The molecular formula is C20H21FN4O2. The lowest BCUT2D eigenvalue weighted by Crippen LogP contribution is -2.29. The van der Waals surface area contributed by atoms with Crippen molar-refractivity contribution < 1.29 is 14.0 Å². The summed E-state index contributed by atoms with van der Waals surface area (Å²) in [6.45, 7) is 0.774. The monoisotopic (exact) mass is 368 g/mol. The molecule has 0 spiro atoms. The molecule has 0 fully saturated rings. The molecule has 0 bridgehead atoms. The van der Waals surface area contributed by atoms with Crippen LogP contribution in [0.2, 0.25) is 0 Å². The molecule has 1 aromatic heterocycles. The van der Waals surface area contributed by atoms with E-state index < -0.39 is 0 Å². The quantitative estimate of drug-likeness (QED) is 0.630. The number of fused-ring (bicyclic) bond motifs is 1. The van der Waals surface area contributed by atoms with Crippen LogP contribution in [0.25, 0.3) is 11.0 Å². The molecule has 1 heterocycles. The summed E-state index contributed by atoms with van der Waals surface area (Å²) in [7, 11) is 1.73. The molecule has 0 atom stereocenters. The summed E-state index contributed by atoms with van der Waals surface area (Å²) < 4.78 is 12.9. The number of amides is 2. The summed E-state index contributed by atoms with van der Waals surface area (Å²) in [5.74, 6) is 0.0471. The second-order valence-electron chi connectivity index (χ2n) is 6.32. The number of nitrogens with one attached hydrogen (secondary N) is 2. The van der Waals surface area contributed by atoms with E-state index in [1.54, 1.807) is 11.9 Å². The Bertz CT molecular complexity index is 904. The zero-order valence-electron chi connectivity index (χ0n) is 15.0. The van der Waals surface area contributed by atoms with Gasteiger partial charge in [0.15, 0.2) is 0 Å². The molecule has 2 aromatic carbocycles. The normalized spacial score (nSPS) is 10.7. The van der Waals surface area contributed by atoms with Gasteiger partial charge in [0.25, 0.3) is 5.91 Å². The van der Waals surface area contributed by atoms with Gasteiger partial charge in [-0.2, -0.15) is 0 Å². The second kappa shape index (κ2) is 8.44. The molecule has 3 aromatic rings. The van der Waals surface area contributed by atoms with Crippen LogP contribution in [0.3, 0.4) is 0 Å². The summed E-state index contributed by atoms with van der Waals surface area (Å²) in [5.41, 5.74) is 2.21. The highest BCUT2D eigenvalue weighted by atomic mass is 19.1. The van der Waals surface area contributed by atoms with Gasteiger partial charge < -0.3 is 15.2 Å². The maximum atomic E-state index is 12.9. The van der Waals surface area contributed by atoms with Crippen LogP contribution in [0.1, 0.15) is 29.0 Å². The third-order valence-electron chi connectivity index (χ3n) is 4.21. The van der Waals surface area contributed by atoms with E-state index in [1.807, 2.05) is 24.3 Å². The molecule has 3 rings (SSSR count). The van der Waals surface area contributed by atoms with Gasteiger partial charge in [-0.3, -0.25) is 9.59 Å². The lowest BCUT2D eigenvalue weighted by Gasteiger charge is -2.15. The number of nitrogens with zero attached hydrogens (tertiary/aromatic N) is 2. The van der Waals surface area contributed by atoms with Gasteiger partial charge in [0.05, 0.1) is 17.6 Å². The van der Waals surface area contributed by atoms with Crippen LogP contribution in [0, 0.1) is 5.82 Å². The van der Waals surface area contributed by atoms with Crippen molar-refractivity contribution in [2.75, 3.05) is 13.6 Å². The highest BCUT2D eigenvalue weighted by molar-refractivity contribution is 5.94. The number of imidazole rings is 1. The SMILES string of the molecule is CN(Cc1nc2ccccc2[nH]1)C(=O)CCCNC(=O)c1ccc(F)cc1. The Hall–Kier alpha value is -3.22. The maximum Gasteiger partial charge on any atom is 0.251 e. The maximum absolute atomic E-state index is 12.9. The Kier molecular flexibility index (Phi) is 5.80. The summed E-state index contributed by atoms with van der Waals surface area (Å²) >= 11 is 0. The smallest absolute Gasteiger partial charge is 0.251 e. The predicted octanol–water partition coefficient (Wildman–Crippen LogP) is 2.87. The Morgan fingerprint density at radius 3 is 2.63 bits per heavy atom. The molecule has 0 radical (unpaired) electrons. The van der Waals surface area contributed by atoms with Crippen molar-refractivity contribution in [3.63, 3.8) is 0 Å². The van der Waals surface area contributed by atoms with E-state index in [0.717, 1.165) is 16.9 Å². The van der Waals surface area contributed by atoms with Gasteiger partial charge in [0.1, 0.15) is 11.6 Å². The Morgan fingerprint density at radius 2 is 1.89 bits per heavy atom. The lowest BCUT2D eigenvalue weighted by molar-refractivity contribution is -0.130. The van der Waals surface area contributed by atoms with Crippen molar-refractivity contribution in [2.24, 2.45) is 0 Å². The summed E-state index contributed by atoms with van der Waals surface area (Å²) in [5, 5.41) is 2.73. The van der Waals surface area contributed by atoms with Crippen LogP contribution in [0.15, 0.2) is 48.5 Å².